The Hall–Kier alpha value is -2.44. The number of hydrogen-bond acceptors (Lipinski definition) is 5. The third-order valence-electron chi connectivity index (χ3n) is 5.56. The van der Waals surface area contributed by atoms with E-state index in [4.69, 9.17) is 21.1 Å². The molecule has 0 aromatic heterocycles. The van der Waals surface area contributed by atoms with Crippen LogP contribution in [-0.2, 0) is 11.3 Å². The Morgan fingerprint density at radius 3 is 2.27 bits per heavy atom. The number of hydrogen-bond donors (Lipinski definition) is 2. The van der Waals surface area contributed by atoms with Crippen LogP contribution in [0.15, 0.2) is 42.5 Å². The number of ether oxygens (including phenoxy) is 2. The average molecular weight is 432 g/mol. The lowest BCUT2D eigenvalue weighted by Crippen LogP contribution is -2.49. The largest absolute Gasteiger partial charge is 0.497 e. The van der Waals surface area contributed by atoms with Gasteiger partial charge in [0.05, 0.1) is 20.3 Å². The number of nitrogens with zero attached hydrogens (tertiary/aromatic N) is 1. The van der Waals surface area contributed by atoms with Crippen LogP contribution >= 0.6 is 11.6 Å². The van der Waals surface area contributed by atoms with Crippen LogP contribution in [0.4, 0.5) is 5.69 Å². The molecule has 3 rings (SSSR count). The topological polar surface area (TPSA) is 62.8 Å². The fourth-order valence-corrected chi connectivity index (χ4v) is 3.79. The molecule has 0 aliphatic carbocycles. The van der Waals surface area contributed by atoms with Crippen molar-refractivity contribution in [2.75, 3.05) is 32.6 Å². The maximum absolute atomic E-state index is 12.6. The Kier molecular flexibility index (Phi) is 7.82. The zero-order chi connectivity index (χ0) is 21.5. The smallest absolute Gasteiger partial charge is 0.237 e. The Labute approximate surface area is 183 Å². The Morgan fingerprint density at radius 2 is 1.70 bits per heavy atom. The summed E-state index contributed by atoms with van der Waals surface area (Å²) in [5, 5.41) is 7.29. The molecule has 1 heterocycles. The van der Waals surface area contributed by atoms with Crippen molar-refractivity contribution < 1.29 is 14.3 Å². The molecule has 2 N–H and O–H groups in total. The number of benzene rings is 2. The molecule has 0 radical (unpaired) electrons. The van der Waals surface area contributed by atoms with Crippen LogP contribution in [0.25, 0.3) is 0 Å². The molecule has 6 nitrogen and oxygen atoms in total. The van der Waals surface area contributed by atoms with E-state index in [1.54, 1.807) is 14.2 Å². The Morgan fingerprint density at radius 1 is 1.10 bits per heavy atom. The Bertz CT molecular complexity index is 814. The highest BCUT2D eigenvalue weighted by molar-refractivity contribution is 6.30. The van der Waals surface area contributed by atoms with Gasteiger partial charge in [-0.2, -0.15) is 0 Å². The van der Waals surface area contributed by atoms with Crippen molar-refractivity contribution in [3.63, 3.8) is 0 Å². The predicted octanol–water partition coefficient (Wildman–Crippen LogP) is 3.94. The number of likely N-dealkylation sites (tertiary alicyclic amines) is 1. The van der Waals surface area contributed by atoms with E-state index < -0.39 is 0 Å². The summed E-state index contributed by atoms with van der Waals surface area (Å²) < 4.78 is 10.7. The number of carbonyl (C=O) groups is 1. The third-order valence-corrected chi connectivity index (χ3v) is 5.81. The number of nitrogens with one attached hydrogen (secondary N) is 2. The highest BCUT2D eigenvalue weighted by atomic mass is 35.5. The van der Waals surface area contributed by atoms with Gasteiger partial charge < -0.3 is 20.1 Å². The SMILES string of the molecule is COc1cc(NC2CCN(C(C)C(=O)NCc3ccc(Cl)cc3)CC2)cc(OC)c1. The maximum Gasteiger partial charge on any atom is 0.237 e. The fraction of sp³-hybridized carbons (Fsp3) is 0.435. The molecule has 1 unspecified atom stereocenters. The minimum atomic E-state index is -0.157. The van der Waals surface area contributed by atoms with Gasteiger partial charge in [-0.1, -0.05) is 23.7 Å². The first kappa shape index (κ1) is 22.2. The first-order valence-corrected chi connectivity index (χ1v) is 10.6. The number of halogens is 1. The minimum Gasteiger partial charge on any atom is -0.497 e. The van der Waals surface area contributed by atoms with Crippen molar-refractivity contribution in [1.29, 1.82) is 0 Å². The number of carbonyl (C=O) groups excluding carboxylic acids is 1. The van der Waals surface area contributed by atoms with Crippen molar-refractivity contribution in [2.45, 2.75) is 38.4 Å². The molecule has 7 heteroatoms. The summed E-state index contributed by atoms with van der Waals surface area (Å²) >= 11 is 5.91. The molecule has 30 heavy (non-hydrogen) atoms. The molecular formula is C23H30ClN3O3. The van der Waals surface area contributed by atoms with Crippen molar-refractivity contribution >= 4 is 23.2 Å². The minimum absolute atomic E-state index is 0.0499. The van der Waals surface area contributed by atoms with Gasteiger partial charge in [-0.3, -0.25) is 9.69 Å². The lowest BCUT2D eigenvalue weighted by Gasteiger charge is -2.36. The second kappa shape index (κ2) is 10.5. The maximum atomic E-state index is 12.6. The molecule has 1 saturated heterocycles. The molecule has 2 aromatic carbocycles. The van der Waals surface area contributed by atoms with Crippen LogP contribution in [0.5, 0.6) is 11.5 Å². The van der Waals surface area contributed by atoms with Gasteiger partial charge in [0.25, 0.3) is 0 Å². The number of methoxy groups -OCH3 is 2. The second-order valence-electron chi connectivity index (χ2n) is 7.58. The molecule has 2 aromatic rings. The molecule has 1 fully saturated rings. The van der Waals surface area contributed by atoms with Gasteiger partial charge in [0.2, 0.25) is 5.91 Å². The average Bonchev–Trinajstić information content (AvgIpc) is 2.78. The van der Waals surface area contributed by atoms with E-state index in [0.29, 0.717) is 17.6 Å². The van der Waals surface area contributed by atoms with E-state index in [-0.39, 0.29) is 11.9 Å². The standard InChI is InChI=1S/C23H30ClN3O3/c1-16(23(28)25-15-17-4-6-18(24)7-5-17)27-10-8-19(9-11-27)26-20-12-21(29-2)14-22(13-20)30-3/h4-7,12-14,16,19,26H,8-11,15H2,1-3H3,(H,25,28). The normalized spacial score (nSPS) is 16.0. The summed E-state index contributed by atoms with van der Waals surface area (Å²) in [4.78, 5) is 14.8. The van der Waals surface area contributed by atoms with E-state index in [2.05, 4.69) is 15.5 Å². The zero-order valence-electron chi connectivity index (χ0n) is 17.8. The summed E-state index contributed by atoms with van der Waals surface area (Å²) in [6, 6.07) is 13.5. The van der Waals surface area contributed by atoms with E-state index in [9.17, 15) is 4.79 Å². The van der Waals surface area contributed by atoms with Crippen molar-refractivity contribution in [3.8, 4) is 11.5 Å². The number of anilines is 1. The van der Waals surface area contributed by atoms with Gasteiger partial charge >= 0.3 is 0 Å². The van der Waals surface area contributed by atoms with E-state index in [0.717, 1.165) is 48.7 Å². The van der Waals surface area contributed by atoms with Crippen LogP contribution in [0, 0.1) is 0 Å². The van der Waals surface area contributed by atoms with Crippen LogP contribution in [0.2, 0.25) is 5.02 Å². The summed E-state index contributed by atoms with van der Waals surface area (Å²) in [6.45, 7) is 4.22. The van der Waals surface area contributed by atoms with Crippen molar-refractivity contribution in [3.05, 3.63) is 53.1 Å². The van der Waals surface area contributed by atoms with Gasteiger partial charge in [0.1, 0.15) is 11.5 Å². The summed E-state index contributed by atoms with van der Waals surface area (Å²) in [5.41, 5.74) is 2.02. The molecule has 1 aliphatic heterocycles. The zero-order valence-corrected chi connectivity index (χ0v) is 18.5. The second-order valence-corrected chi connectivity index (χ2v) is 8.01. The first-order valence-electron chi connectivity index (χ1n) is 10.2. The highest BCUT2D eigenvalue weighted by Crippen LogP contribution is 2.27. The van der Waals surface area contributed by atoms with Gasteiger partial charge in [-0.25, -0.2) is 0 Å². The van der Waals surface area contributed by atoms with Gasteiger partial charge in [0, 0.05) is 54.6 Å². The summed E-state index contributed by atoms with van der Waals surface area (Å²) in [7, 11) is 3.30. The van der Waals surface area contributed by atoms with Crippen LogP contribution in [0.3, 0.4) is 0 Å². The predicted molar refractivity (Wildman–Crippen MR) is 121 cm³/mol. The van der Waals surface area contributed by atoms with E-state index in [1.807, 2.05) is 49.4 Å². The summed E-state index contributed by atoms with van der Waals surface area (Å²) in [6.07, 6.45) is 1.93. The molecular weight excluding hydrogens is 402 g/mol. The van der Waals surface area contributed by atoms with Crippen LogP contribution < -0.4 is 20.1 Å². The quantitative estimate of drug-likeness (QED) is 0.662. The molecule has 0 bridgehead atoms. The molecule has 1 amide bonds. The van der Waals surface area contributed by atoms with Crippen LogP contribution in [-0.4, -0.2) is 50.2 Å². The lowest BCUT2D eigenvalue weighted by atomic mass is 10.0. The molecule has 0 spiro atoms. The highest BCUT2D eigenvalue weighted by Gasteiger charge is 2.26. The number of rotatable bonds is 8. The molecule has 0 saturated carbocycles. The third kappa shape index (κ3) is 6.03. The van der Waals surface area contributed by atoms with E-state index in [1.165, 1.54) is 0 Å². The monoisotopic (exact) mass is 431 g/mol. The van der Waals surface area contributed by atoms with Crippen LogP contribution in [0.1, 0.15) is 25.3 Å². The molecule has 1 atom stereocenters. The number of amides is 1. The summed E-state index contributed by atoms with van der Waals surface area (Å²) in [5.74, 6) is 1.58. The van der Waals surface area contributed by atoms with Gasteiger partial charge in [-0.05, 0) is 37.5 Å². The number of piperidine rings is 1. The molecule has 162 valence electrons. The van der Waals surface area contributed by atoms with E-state index >= 15 is 0 Å². The lowest BCUT2D eigenvalue weighted by molar-refractivity contribution is -0.126. The van der Waals surface area contributed by atoms with Gasteiger partial charge in [0.15, 0.2) is 0 Å². The fourth-order valence-electron chi connectivity index (χ4n) is 3.66. The van der Waals surface area contributed by atoms with Gasteiger partial charge in [-0.15, -0.1) is 0 Å². The first-order chi connectivity index (χ1) is 14.5. The molecule has 1 aliphatic rings. The van der Waals surface area contributed by atoms with Crippen molar-refractivity contribution in [2.24, 2.45) is 0 Å². The van der Waals surface area contributed by atoms with Crippen molar-refractivity contribution in [1.82, 2.24) is 10.2 Å². The Balaban J connectivity index is 1.47.